The lowest BCUT2D eigenvalue weighted by molar-refractivity contribution is 0.240. The Morgan fingerprint density at radius 2 is 2.09 bits per heavy atom. The van der Waals surface area contributed by atoms with Crippen molar-refractivity contribution in [3.8, 4) is 16.3 Å². The maximum Gasteiger partial charge on any atom is 0.398 e. The zero-order valence-corrected chi connectivity index (χ0v) is 13.9. The average Bonchev–Trinajstić information content (AvgIpc) is 2.98. The van der Waals surface area contributed by atoms with Crippen molar-refractivity contribution in [1.82, 2.24) is 4.98 Å². The average molecular weight is 336 g/mol. The van der Waals surface area contributed by atoms with E-state index in [1.165, 1.54) is 18.4 Å². The van der Waals surface area contributed by atoms with Crippen molar-refractivity contribution in [2.24, 2.45) is 5.73 Å². The normalized spacial score (nSPS) is 11.9. The van der Waals surface area contributed by atoms with Crippen LogP contribution >= 0.6 is 19.9 Å². The van der Waals surface area contributed by atoms with Gasteiger partial charge in [0, 0.05) is 7.11 Å². The first kappa shape index (κ1) is 16.8. The first-order chi connectivity index (χ1) is 10.7. The van der Waals surface area contributed by atoms with Crippen molar-refractivity contribution in [2.45, 2.75) is 0 Å². The van der Waals surface area contributed by atoms with E-state index >= 15 is 0 Å². The highest BCUT2D eigenvalue weighted by atomic mass is 32.1. The Kier molecular flexibility index (Phi) is 6.24. The summed E-state index contributed by atoms with van der Waals surface area (Å²) in [5, 5.41) is 0.819. The maximum absolute atomic E-state index is 5.76. The minimum Gasteiger partial charge on any atom is -0.426 e. The van der Waals surface area contributed by atoms with Crippen molar-refractivity contribution in [3.05, 3.63) is 48.0 Å². The Balaban J connectivity index is 2.37. The van der Waals surface area contributed by atoms with Crippen LogP contribution in [-0.2, 0) is 9.05 Å². The maximum atomic E-state index is 5.76. The molecule has 0 saturated carbocycles. The molecule has 2 aromatic rings. The molecule has 2 N–H and O–H groups in total. The van der Waals surface area contributed by atoms with Crippen molar-refractivity contribution in [1.29, 1.82) is 0 Å². The van der Waals surface area contributed by atoms with E-state index in [0.717, 1.165) is 21.1 Å². The number of hydrogen-bond donors (Lipinski definition) is 1. The third-order valence-electron chi connectivity index (χ3n) is 2.68. The molecule has 2 rings (SSSR count). The smallest absolute Gasteiger partial charge is 0.398 e. The molecule has 0 spiro atoms. The molecule has 0 aliphatic carbocycles. The van der Waals surface area contributed by atoms with E-state index in [1.54, 1.807) is 12.2 Å². The van der Waals surface area contributed by atoms with Crippen LogP contribution in [0.3, 0.4) is 0 Å². The molecule has 0 amide bonds. The summed E-state index contributed by atoms with van der Waals surface area (Å²) in [5.41, 5.74) is 7.03. The summed E-state index contributed by atoms with van der Waals surface area (Å²) < 4.78 is 16.1. The van der Waals surface area contributed by atoms with E-state index in [-0.39, 0.29) is 6.73 Å². The van der Waals surface area contributed by atoms with Crippen molar-refractivity contribution in [3.63, 3.8) is 0 Å². The van der Waals surface area contributed by atoms with E-state index in [0.29, 0.717) is 5.75 Å². The number of hydrogen-bond acceptors (Lipinski definition) is 6. The third kappa shape index (κ3) is 3.80. The fourth-order valence-corrected chi connectivity index (χ4v) is 3.35. The molecule has 0 fully saturated rings. The molecule has 22 heavy (non-hydrogen) atoms. The second kappa shape index (κ2) is 8.17. The molecule has 5 nitrogen and oxygen atoms in total. The van der Waals surface area contributed by atoms with E-state index in [1.807, 2.05) is 24.3 Å². The number of thiazole rings is 1. The fraction of sp³-hybridized carbons (Fsp3) is 0.133. The number of nitrogens with zero attached hydrogens (tertiary/aromatic N) is 1. The summed E-state index contributed by atoms with van der Waals surface area (Å²) in [7, 11) is -0.0251. The quantitative estimate of drug-likeness (QED) is 0.576. The molecule has 1 heterocycles. The SMILES string of the molecule is C=Cc1nc(-c2ccccc2OP(OC)OCN)sc1C=C. The second-order valence-corrected chi connectivity index (χ2v) is 6.25. The molecule has 1 aromatic carbocycles. The first-order valence-corrected chi connectivity index (χ1v) is 8.35. The fourth-order valence-electron chi connectivity index (χ4n) is 1.73. The predicted molar refractivity (Wildman–Crippen MR) is 92.4 cm³/mol. The number of rotatable bonds is 8. The van der Waals surface area contributed by atoms with E-state index in [9.17, 15) is 0 Å². The largest absolute Gasteiger partial charge is 0.426 e. The molecule has 0 saturated heterocycles. The Labute approximate surface area is 135 Å². The molecule has 1 atom stereocenters. The molecule has 0 aliphatic heterocycles. The number of nitrogens with two attached hydrogens (primary N) is 1. The van der Waals surface area contributed by atoms with Crippen LogP contribution in [-0.4, -0.2) is 18.8 Å². The molecular formula is C15H17N2O3PS. The summed E-state index contributed by atoms with van der Waals surface area (Å²) >= 11 is 1.52. The zero-order chi connectivity index (χ0) is 15.9. The Morgan fingerprint density at radius 3 is 2.68 bits per heavy atom. The number of benzene rings is 1. The van der Waals surface area contributed by atoms with E-state index in [4.69, 9.17) is 19.3 Å². The van der Waals surface area contributed by atoms with Gasteiger partial charge in [-0.3, -0.25) is 4.52 Å². The second-order valence-electron chi connectivity index (χ2n) is 3.97. The molecule has 7 heteroatoms. The van der Waals surface area contributed by atoms with E-state index in [2.05, 4.69) is 18.1 Å². The molecule has 1 unspecified atom stereocenters. The molecule has 0 radical (unpaired) electrons. The summed E-state index contributed by atoms with van der Waals surface area (Å²) in [6.45, 7) is 7.59. The predicted octanol–water partition coefficient (Wildman–Crippen LogP) is 4.28. The van der Waals surface area contributed by atoms with Gasteiger partial charge in [-0.05, 0) is 24.3 Å². The summed E-state index contributed by atoms with van der Waals surface area (Å²) in [5.74, 6) is 0.629. The summed E-state index contributed by atoms with van der Waals surface area (Å²) in [4.78, 5) is 5.52. The lowest BCUT2D eigenvalue weighted by Gasteiger charge is -2.15. The Hall–Kier alpha value is -1.56. The van der Waals surface area contributed by atoms with Crippen LogP contribution in [0.25, 0.3) is 22.7 Å². The summed E-state index contributed by atoms with van der Waals surface area (Å²) in [6, 6.07) is 7.57. The van der Waals surface area contributed by atoms with Crippen molar-refractivity contribution >= 4 is 32.1 Å². The molecule has 0 aliphatic rings. The summed E-state index contributed by atoms with van der Waals surface area (Å²) in [6.07, 6.45) is 3.47. The molecule has 1 aromatic heterocycles. The number of aromatic nitrogens is 1. The van der Waals surface area contributed by atoms with Crippen molar-refractivity contribution < 1.29 is 13.6 Å². The first-order valence-electron chi connectivity index (χ1n) is 6.43. The van der Waals surface area contributed by atoms with Gasteiger partial charge in [0.2, 0.25) is 0 Å². The van der Waals surface area contributed by atoms with Gasteiger partial charge in [0.05, 0.1) is 16.1 Å². The minimum atomic E-state index is -1.54. The van der Waals surface area contributed by atoms with Gasteiger partial charge in [-0.1, -0.05) is 25.3 Å². The van der Waals surface area contributed by atoms with Crippen LogP contribution in [0.15, 0.2) is 37.4 Å². The Morgan fingerprint density at radius 1 is 1.32 bits per heavy atom. The van der Waals surface area contributed by atoms with Crippen LogP contribution in [0.2, 0.25) is 0 Å². The van der Waals surface area contributed by atoms with E-state index < -0.39 is 8.60 Å². The van der Waals surface area contributed by atoms with Crippen LogP contribution in [0.4, 0.5) is 0 Å². The zero-order valence-electron chi connectivity index (χ0n) is 12.2. The van der Waals surface area contributed by atoms with Crippen molar-refractivity contribution in [2.75, 3.05) is 13.8 Å². The van der Waals surface area contributed by atoms with Gasteiger partial charge in [-0.25, -0.2) is 4.98 Å². The lowest BCUT2D eigenvalue weighted by Crippen LogP contribution is -2.04. The Bertz CT molecular complexity index is 634. The monoisotopic (exact) mass is 336 g/mol. The molecule has 116 valence electrons. The van der Waals surface area contributed by atoms with Gasteiger partial charge in [0.15, 0.2) is 0 Å². The molecule has 0 bridgehead atoms. The van der Waals surface area contributed by atoms with Gasteiger partial charge in [0.1, 0.15) is 17.5 Å². The highest BCUT2D eigenvalue weighted by molar-refractivity contribution is 7.42. The highest BCUT2D eigenvalue weighted by Gasteiger charge is 2.17. The van der Waals surface area contributed by atoms with Crippen LogP contribution in [0, 0.1) is 0 Å². The highest BCUT2D eigenvalue weighted by Crippen LogP contribution is 2.44. The van der Waals surface area contributed by atoms with Gasteiger partial charge >= 0.3 is 8.60 Å². The lowest BCUT2D eigenvalue weighted by atomic mass is 10.2. The van der Waals surface area contributed by atoms with Gasteiger partial charge in [-0.15, -0.1) is 11.3 Å². The third-order valence-corrected chi connectivity index (χ3v) is 4.78. The topological polar surface area (TPSA) is 66.6 Å². The van der Waals surface area contributed by atoms with Gasteiger partial charge < -0.3 is 14.8 Å². The number of para-hydroxylation sites is 1. The van der Waals surface area contributed by atoms with Gasteiger partial charge in [0.25, 0.3) is 0 Å². The standard InChI is InChI=1S/C15H17N2O3PS/c1-4-12-14(5-2)22-15(17-12)11-8-6-7-9-13(11)20-21(18-3)19-10-16/h4-9H,1-2,10,16H2,3H3. The van der Waals surface area contributed by atoms with Gasteiger partial charge in [-0.2, -0.15) is 0 Å². The molecular weight excluding hydrogens is 319 g/mol. The van der Waals surface area contributed by atoms with Crippen LogP contribution in [0.1, 0.15) is 10.6 Å². The minimum absolute atomic E-state index is 0.0280. The van der Waals surface area contributed by atoms with Crippen LogP contribution < -0.4 is 10.3 Å². The van der Waals surface area contributed by atoms with Crippen LogP contribution in [0.5, 0.6) is 5.75 Å².